The fourth-order valence-corrected chi connectivity index (χ4v) is 2.39. The monoisotopic (exact) mass is 262 g/mol. The maximum Gasteiger partial charge on any atom is 0.142 e. The molecule has 4 nitrogen and oxygen atoms in total. The second-order valence-corrected chi connectivity index (χ2v) is 5.63. The Morgan fingerprint density at radius 1 is 1.26 bits per heavy atom. The molecule has 1 aromatic heterocycles. The fourth-order valence-electron chi connectivity index (χ4n) is 2.39. The minimum absolute atomic E-state index is 0.473. The molecule has 106 valence electrons. The standard InChI is InChI=1S/C15H26N4/c1-4-5-13-10-14(12(2)3)18-15(17-13)11-19-8-6-16-7-9-19/h10,12,16H,4-9,11H2,1-3H3. The van der Waals surface area contributed by atoms with Crippen molar-refractivity contribution < 1.29 is 0 Å². The van der Waals surface area contributed by atoms with Gasteiger partial charge in [0.25, 0.3) is 0 Å². The van der Waals surface area contributed by atoms with Crippen molar-refractivity contribution in [2.75, 3.05) is 26.2 Å². The Morgan fingerprint density at radius 2 is 2.00 bits per heavy atom. The SMILES string of the molecule is CCCc1cc(C(C)C)nc(CN2CCNCC2)n1. The molecule has 19 heavy (non-hydrogen) atoms. The summed E-state index contributed by atoms with van der Waals surface area (Å²) in [6, 6.07) is 2.18. The van der Waals surface area contributed by atoms with Gasteiger partial charge in [-0.25, -0.2) is 9.97 Å². The topological polar surface area (TPSA) is 41.1 Å². The van der Waals surface area contributed by atoms with Crippen LogP contribution in [0.1, 0.15) is 50.3 Å². The van der Waals surface area contributed by atoms with Gasteiger partial charge in [-0.3, -0.25) is 4.90 Å². The molecule has 0 aliphatic carbocycles. The molecule has 2 rings (SSSR count). The van der Waals surface area contributed by atoms with Gasteiger partial charge < -0.3 is 5.32 Å². The Balaban J connectivity index is 2.12. The normalized spacial score (nSPS) is 17.1. The van der Waals surface area contributed by atoms with E-state index in [9.17, 15) is 0 Å². The third-order valence-corrected chi connectivity index (χ3v) is 3.52. The van der Waals surface area contributed by atoms with Crippen molar-refractivity contribution in [3.63, 3.8) is 0 Å². The van der Waals surface area contributed by atoms with Crippen LogP contribution in [-0.2, 0) is 13.0 Å². The number of hydrogen-bond donors (Lipinski definition) is 1. The van der Waals surface area contributed by atoms with Gasteiger partial charge in [0.2, 0.25) is 0 Å². The van der Waals surface area contributed by atoms with E-state index >= 15 is 0 Å². The van der Waals surface area contributed by atoms with Gasteiger partial charge in [-0.05, 0) is 18.4 Å². The van der Waals surface area contributed by atoms with E-state index in [1.165, 1.54) is 11.4 Å². The predicted molar refractivity (Wildman–Crippen MR) is 78.3 cm³/mol. The largest absolute Gasteiger partial charge is 0.314 e. The van der Waals surface area contributed by atoms with Crippen LogP contribution in [0.3, 0.4) is 0 Å². The van der Waals surface area contributed by atoms with E-state index in [0.717, 1.165) is 51.4 Å². The highest BCUT2D eigenvalue weighted by molar-refractivity contribution is 5.14. The van der Waals surface area contributed by atoms with Gasteiger partial charge in [0.05, 0.1) is 6.54 Å². The summed E-state index contributed by atoms with van der Waals surface area (Å²) in [7, 11) is 0. The molecule has 1 N–H and O–H groups in total. The van der Waals surface area contributed by atoms with E-state index in [-0.39, 0.29) is 0 Å². The van der Waals surface area contributed by atoms with Crippen LogP contribution in [0.2, 0.25) is 0 Å². The van der Waals surface area contributed by atoms with Gasteiger partial charge in [0, 0.05) is 37.6 Å². The van der Waals surface area contributed by atoms with Crippen LogP contribution in [0.5, 0.6) is 0 Å². The molecule has 0 unspecified atom stereocenters. The zero-order valence-electron chi connectivity index (χ0n) is 12.4. The summed E-state index contributed by atoms with van der Waals surface area (Å²) in [6.07, 6.45) is 2.19. The molecule has 0 aromatic carbocycles. The van der Waals surface area contributed by atoms with Crippen molar-refractivity contribution in [1.82, 2.24) is 20.2 Å². The maximum absolute atomic E-state index is 4.74. The Kier molecular flexibility index (Phi) is 5.28. The lowest BCUT2D eigenvalue weighted by molar-refractivity contribution is 0.227. The van der Waals surface area contributed by atoms with E-state index in [1.54, 1.807) is 0 Å². The molecule has 1 aliphatic heterocycles. The summed E-state index contributed by atoms with van der Waals surface area (Å²) < 4.78 is 0. The number of hydrogen-bond acceptors (Lipinski definition) is 4. The van der Waals surface area contributed by atoms with Crippen LogP contribution in [-0.4, -0.2) is 41.0 Å². The molecule has 0 radical (unpaired) electrons. The van der Waals surface area contributed by atoms with Gasteiger partial charge in [-0.1, -0.05) is 27.2 Å². The average Bonchev–Trinajstić information content (AvgIpc) is 2.40. The second-order valence-electron chi connectivity index (χ2n) is 5.63. The van der Waals surface area contributed by atoms with Crippen LogP contribution in [0, 0.1) is 0 Å². The van der Waals surface area contributed by atoms with Crippen molar-refractivity contribution >= 4 is 0 Å². The minimum atomic E-state index is 0.473. The molecule has 0 saturated carbocycles. The Morgan fingerprint density at radius 3 is 2.63 bits per heavy atom. The Labute approximate surface area is 116 Å². The first-order valence-corrected chi connectivity index (χ1v) is 7.49. The Hall–Kier alpha value is -1.00. The lowest BCUT2D eigenvalue weighted by Crippen LogP contribution is -2.43. The number of aromatic nitrogens is 2. The van der Waals surface area contributed by atoms with Crippen LogP contribution in [0.25, 0.3) is 0 Å². The number of nitrogens with one attached hydrogen (secondary N) is 1. The van der Waals surface area contributed by atoms with Gasteiger partial charge in [0.15, 0.2) is 0 Å². The minimum Gasteiger partial charge on any atom is -0.314 e. The molecule has 1 fully saturated rings. The summed E-state index contributed by atoms with van der Waals surface area (Å²) in [6.45, 7) is 11.8. The molecule has 0 spiro atoms. The molecular weight excluding hydrogens is 236 g/mol. The average molecular weight is 262 g/mol. The number of piperazine rings is 1. The lowest BCUT2D eigenvalue weighted by atomic mass is 10.1. The first kappa shape index (κ1) is 14.4. The van der Waals surface area contributed by atoms with E-state index < -0.39 is 0 Å². The highest BCUT2D eigenvalue weighted by Crippen LogP contribution is 2.14. The number of rotatable bonds is 5. The highest BCUT2D eigenvalue weighted by Gasteiger charge is 2.13. The second kappa shape index (κ2) is 6.96. The van der Waals surface area contributed by atoms with E-state index in [4.69, 9.17) is 9.97 Å². The van der Waals surface area contributed by atoms with Crippen LogP contribution in [0.15, 0.2) is 6.07 Å². The molecule has 0 atom stereocenters. The first-order valence-electron chi connectivity index (χ1n) is 7.49. The van der Waals surface area contributed by atoms with Crippen molar-refractivity contribution in [2.24, 2.45) is 0 Å². The zero-order valence-corrected chi connectivity index (χ0v) is 12.4. The van der Waals surface area contributed by atoms with Crippen LogP contribution >= 0.6 is 0 Å². The molecule has 0 amide bonds. The third-order valence-electron chi connectivity index (χ3n) is 3.52. The summed E-state index contributed by atoms with van der Waals surface area (Å²) in [4.78, 5) is 11.9. The van der Waals surface area contributed by atoms with E-state index in [0.29, 0.717) is 5.92 Å². The molecule has 0 bridgehead atoms. The van der Waals surface area contributed by atoms with Gasteiger partial charge in [-0.2, -0.15) is 0 Å². The highest BCUT2D eigenvalue weighted by atomic mass is 15.2. The van der Waals surface area contributed by atoms with Crippen LogP contribution in [0.4, 0.5) is 0 Å². The van der Waals surface area contributed by atoms with Crippen LogP contribution < -0.4 is 5.32 Å². The van der Waals surface area contributed by atoms with E-state index in [1.807, 2.05) is 0 Å². The maximum atomic E-state index is 4.74. The number of nitrogens with zero attached hydrogens (tertiary/aromatic N) is 3. The molecular formula is C15H26N4. The molecule has 1 aromatic rings. The fraction of sp³-hybridized carbons (Fsp3) is 0.733. The van der Waals surface area contributed by atoms with Crippen molar-refractivity contribution in [1.29, 1.82) is 0 Å². The third kappa shape index (κ3) is 4.25. The van der Waals surface area contributed by atoms with E-state index in [2.05, 4.69) is 37.1 Å². The van der Waals surface area contributed by atoms with Gasteiger partial charge >= 0.3 is 0 Å². The predicted octanol–water partition coefficient (Wildman–Crippen LogP) is 1.96. The summed E-state index contributed by atoms with van der Waals surface area (Å²) in [5.41, 5.74) is 2.38. The van der Waals surface area contributed by atoms with Crippen molar-refractivity contribution in [3.8, 4) is 0 Å². The molecule has 1 saturated heterocycles. The first-order chi connectivity index (χ1) is 9.19. The quantitative estimate of drug-likeness (QED) is 0.880. The van der Waals surface area contributed by atoms with Gasteiger partial charge in [-0.15, -0.1) is 0 Å². The molecule has 1 aliphatic rings. The van der Waals surface area contributed by atoms with Crippen molar-refractivity contribution in [2.45, 2.75) is 46.1 Å². The lowest BCUT2D eigenvalue weighted by Gasteiger charge is -2.26. The molecule has 4 heteroatoms. The summed E-state index contributed by atoms with van der Waals surface area (Å²) in [5.74, 6) is 1.47. The summed E-state index contributed by atoms with van der Waals surface area (Å²) >= 11 is 0. The van der Waals surface area contributed by atoms with Crippen molar-refractivity contribution in [3.05, 3.63) is 23.3 Å². The molecule has 2 heterocycles. The zero-order chi connectivity index (χ0) is 13.7. The van der Waals surface area contributed by atoms with Gasteiger partial charge in [0.1, 0.15) is 5.82 Å². The number of aryl methyl sites for hydroxylation is 1. The Bertz CT molecular complexity index is 397. The smallest absolute Gasteiger partial charge is 0.142 e. The summed E-state index contributed by atoms with van der Waals surface area (Å²) in [5, 5.41) is 3.38.